The van der Waals surface area contributed by atoms with Crippen molar-refractivity contribution in [1.82, 2.24) is 10.6 Å². The van der Waals surface area contributed by atoms with Crippen molar-refractivity contribution < 1.29 is 0 Å². The molecule has 0 bridgehead atoms. The number of rotatable bonds is 1. The van der Waals surface area contributed by atoms with E-state index < -0.39 is 0 Å². The minimum atomic E-state index is 0.623. The molecule has 0 radical (unpaired) electrons. The Balaban J connectivity index is 1.95. The SMILES string of the molecule is C=C1NC(C2CCNCC2)=NS1. The first-order chi connectivity index (χ1) is 5.86. The predicted octanol–water partition coefficient (Wildman–Crippen LogP) is 1.11. The van der Waals surface area contributed by atoms with Gasteiger partial charge >= 0.3 is 0 Å². The zero-order valence-corrected chi connectivity index (χ0v) is 7.78. The molecule has 0 amide bonds. The molecular formula is C8H13N3S. The molecule has 0 aromatic carbocycles. The molecule has 2 heterocycles. The molecule has 66 valence electrons. The molecule has 0 spiro atoms. The monoisotopic (exact) mass is 183 g/mol. The van der Waals surface area contributed by atoms with Crippen molar-refractivity contribution in [3.8, 4) is 0 Å². The lowest BCUT2D eigenvalue weighted by atomic mass is 9.97. The second-order valence-electron chi connectivity index (χ2n) is 3.14. The lowest BCUT2D eigenvalue weighted by molar-refractivity contribution is 0.452. The highest BCUT2D eigenvalue weighted by atomic mass is 32.2. The van der Waals surface area contributed by atoms with Gasteiger partial charge in [-0.15, -0.1) is 0 Å². The number of hydrogen-bond acceptors (Lipinski definition) is 4. The van der Waals surface area contributed by atoms with Crippen LogP contribution in [0.4, 0.5) is 0 Å². The number of hydrogen-bond donors (Lipinski definition) is 2. The molecule has 0 aliphatic carbocycles. The highest BCUT2D eigenvalue weighted by Gasteiger charge is 2.22. The average molecular weight is 183 g/mol. The Morgan fingerprint density at radius 2 is 2.17 bits per heavy atom. The van der Waals surface area contributed by atoms with Gasteiger partial charge in [0.1, 0.15) is 5.84 Å². The van der Waals surface area contributed by atoms with Crippen LogP contribution in [-0.2, 0) is 0 Å². The van der Waals surface area contributed by atoms with Gasteiger partial charge in [0, 0.05) is 17.9 Å². The van der Waals surface area contributed by atoms with Gasteiger partial charge in [-0.1, -0.05) is 6.58 Å². The molecule has 4 heteroatoms. The zero-order valence-electron chi connectivity index (χ0n) is 6.97. The molecule has 1 saturated heterocycles. The number of nitrogens with zero attached hydrogens (tertiary/aromatic N) is 1. The molecule has 0 aromatic heterocycles. The van der Waals surface area contributed by atoms with Gasteiger partial charge in [0.25, 0.3) is 0 Å². The second kappa shape index (κ2) is 3.49. The molecule has 0 unspecified atom stereocenters. The quantitative estimate of drug-likeness (QED) is 0.598. The molecule has 0 aromatic rings. The first kappa shape index (κ1) is 8.13. The Morgan fingerprint density at radius 1 is 1.42 bits per heavy atom. The van der Waals surface area contributed by atoms with Crippen molar-refractivity contribution in [3.63, 3.8) is 0 Å². The highest BCUT2D eigenvalue weighted by molar-refractivity contribution is 8.02. The summed E-state index contributed by atoms with van der Waals surface area (Å²) in [6, 6.07) is 0. The lowest BCUT2D eigenvalue weighted by Gasteiger charge is -2.22. The molecule has 1 fully saturated rings. The van der Waals surface area contributed by atoms with E-state index >= 15 is 0 Å². The summed E-state index contributed by atoms with van der Waals surface area (Å²) in [5.41, 5.74) is 0. The first-order valence-electron chi connectivity index (χ1n) is 4.28. The number of amidine groups is 1. The van der Waals surface area contributed by atoms with E-state index in [-0.39, 0.29) is 0 Å². The van der Waals surface area contributed by atoms with Gasteiger partial charge < -0.3 is 10.6 Å². The van der Waals surface area contributed by atoms with Crippen LogP contribution in [0.15, 0.2) is 16.0 Å². The molecule has 2 aliphatic heterocycles. The van der Waals surface area contributed by atoms with Crippen LogP contribution in [0.2, 0.25) is 0 Å². The van der Waals surface area contributed by atoms with E-state index in [4.69, 9.17) is 0 Å². The summed E-state index contributed by atoms with van der Waals surface area (Å²) in [5, 5.41) is 7.51. The zero-order chi connectivity index (χ0) is 8.39. The molecule has 2 aliphatic rings. The summed E-state index contributed by atoms with van der Waals surface area (Å²) in [6.07, 6.45) is 2.39. The largest absolute Gasteiger partial charge is 0.337 e. The van der Waals surface area contributed by atoms with Crippen molar-refractivity contribution in [3.05, 3.63) is 11.6 Å². The van der Waals surface area contributed by atoms with E-state index in [0.717, 1.165) is 24.0 Å². The summed E-state index contributed by atoms with van der Waals surface area (Å²) < 4.78 is 4.34. The third-order valence-corrected chi connectivity index (χ3v) is 2.86. The first-order valence-corrected chi connectivity index (χ1v) is 5.05. The fraction of sp³-hybridized carbons (Fsp3) is 0.625. The van der Waals surface area contributed by atoms with Crippen LogP contribution in [-0.4, -0.2) is 18.9 Å². The third-order valence-electron chi connectivity index (χ3n) is 2.25. The Labute approximate surface area is 76.8 Å². The van der Waals surface area contributed by atoms with Crippen LogP contribution in [0.1, 0.15) is 12.8 Å². The number of piperidine rings is 1. The Hall–Kier alpha value is -0.480. The summed E-state index contributed by atoms with van der Waals surface area (Å²) in [5.74, 6) is 1.75. The van der Waals surface area contributed by atoms with E-state index in [0.29, 0.717) is 5.92 Å². The molecule has 0 saturated carbocycles. The smallest absolute Gasteiger partial charge is 0.118 e. The third kappa shape index (κ3) is 1.64. The van der Waals surface area contributed by atoms with Gasteiger partial charge in [-0.05, 0) is 25.9 Å². The molecular weight excluding hydrogens is 170 g/mol. The summed E-state index contributed by atoms with van der Waals surface area (Å²) >= 11 is 1.46. The van der Waals surface area contributed by atoms with E-state index in [1.54, 1.807) is 0 Å². The highest BCUT2D eigenvalue weighted by Crippen LogP contribution is 2.24. The molecule has 2 N–H and O–H groups in total. The van der Waals surface area contributed by atoms with Crippen molar-refractivity contribution in [2.45, 2.75) is 12.8 Å². The normalized spacial score (nSPS) is 25.3. The van der Waals surface area contributed by atoms with Gasteiger partial charge in [-0.2, -0.15) is 4.40 Å². The van der Waals surface area contributed by atoms with Crippen molar-refractivity contribution in [1.29, 1.82) is 0 Å². The van der Waals surface area contributed by atoms with Crippen LogP contribution in [0.25, 0.3) is 0 Å². The van der Waals surface area contributed by atoms with Crippen LogP contribution in [0.5, 0.6) is 0 Å². The van der Waals surface area contributed by atoms with Crippen molar-refractivity contribution in [2.24, 2.45) is 10.3 Å². The van der Waals surface area contributed by atoms with Crippen molar-refractivity contribution >= 4 is 17.8 Å². The maximum absolute atomic E-state index is 4.34. The van der Waals surface area contributed by atoms with Crippen LogP contribution in [0, 0.1) is 5.92 Å². The van der Waals surface area contributed by atoms with Crippen LogP contribution in [0.3, 0.4) is 0 Å². The van der Waals surface area contributed by atoms with Crippen LogP contribution < -0.4 is 10.6 Å². The average Bonchev–Trinajstić information content (AvgIpc) is 2.54. The Bertz CT molecular complexity index is 218. The lowest BCUT2D eigenvalue weighted by Crippen LogP contribution is -2.35. The minimum absolute atomic E-state index is 0.623. The summed E-state index contributed by atoms with van der Waals surface area (Å²) in [6.45, 7) is 6.05. The van der Waals surface area contributed by atoms with Gasteiger partial charge in [0.2, 0.25) is 0 Å². The van der Waals surface area contributed by atoms with E-state index in [1.807, 2.05) is 0 Å². The topological polar surface area (TPSA) is 36.4 Å². The maximum atomic E-state index is 4.34. The standard InChI is InChI=1S/C8H13N3S/c1-6-10-8(11-12-6)7-2-4-9-5-3-7/h7,9H,1-5H2,(H,10,11). The van der Waals surface area contributed by atoms with E-state index in [2.05, 4.69) is 21.6 Å². The predicted molar refractivity (Wildman–Crippen MR) is 52.9 cm³/mol. The van der Waals surface area contributed by atoms with E-state index in [1.165, 1.54) is 24.8 Å². The van der Waals surface area contributed by atoms with Gasteiger partial charge in [-0.3, -0.25) is 0 Å². The van der Waals surface area contributed by atoms with Crippen molar-refractivity contribution in [2.75, 3.05) is 13.1 Å². The van der Waals surface area contributed by atoms with Gasteiger partial charge in [0.05, 0.1) is 5.03 Å². The van der Waals surface area contributed by atoms with Gasteiger partial charge in [0.15, 0.2) is 0 Å². The fourth-order valence-corrected chi connectivity index (χ4v) is 2.12. The van der Waals surface area contributed by atoms with Gasteiger partial charge in [-0.25, -0.2) is 0 Å². The summed E-state index contributed by atoms with van der Waals surface area (Å²) in [4.78, 5) is 0. The van der Waals surface area contributed by atoms with Crippen LogP contribution >= 0.6 is 11.9 Å². The molecule has 0 atom stereocenters. The summed E-state index contributed by atoms with van der Waals surface area (Å²) in [7, 11) is 0. The minimum Gasteiger partial charge on any atom is -0.337 e. The Kier molecular flexibility index (Phi) is 2.37. The maximum Gasteiger partial charge on any atom is 0.118 e. The fourth-order valence-electron chi connectivity index (χ4n) is 1.56. The number of nitrogens with one attached hydrogen (secondary N) is 2. The molecule has 2 rings (SSSR count). The Morgan fingerprint density at radius 3 is 2.75 bits per heavy atom. The molecule has 3 nitrogen and oxygen atoms in total. The molecule has 12 heavy (non-hydrogen) atoms. The second-order valence-corrected chi connectivity index (χ2v) is 4.00. The van der Waals surface area contributed by atoms with E-state index in [9.17, 15) is 0 Å².